The molecule has 1 unspecified atom stereocenters. The molecule has 2 aromatic rings. The molecule has 0 saturated carbocycles. The van der Waals surface area contributed by atoms with Crippen LogP contribution in [0.4, 0.5) is 15.4 Å². The number of amides is 2. The van der Waals surface area contributed by atoms with E-state index in [1.165, 1.54) is 4.90 Å². The zero-order chi connectivity index (χ0) is 29.2. The van der Waals surface area contributed by atoms with E-state index in [0.717, 1.165) is 24.6 Å². The number of hydrogen-bond acceptors (Lipinski definition) is 7. The maximum Gasteiger partial charge on any atom is 0.417 e. The van der Waals surface area contributed by atoms with Gasteiger partial charge in [-0.1, -0.05) is 19.6 Å². The third-order valence-corrected chi connectivity index (χ3v) is 8.29. The Morgan fingerprint density at radius 1 is 1.13 bits per heavy atom. The number of ether oxygens (including phenoxy) is 3. The van der Waals surface area contributed by atoms with Crippen LogP contribution in [0.5, 0.6) is 0 Å². The molecule has 218 valence electrons. The average molecular weight is 627 g/mol. The smallest absolute Gasteiger partial charge is 0.417 e. The molecule has 0 N–H and O–H groups in total. The Morgan fingerprint density at radius 2 is 1.79 bits per heavy atom. The molecule has 0 aromatic carbocycles. The molecular weight excluding hydrogens is 582 g/mol. The second-order valence-electron chi connectivity index (χ2n) is 13.3. The van der Waals surface area contributed by atoms with Crippen molar-refractivity contribution >= 4 is 47.7 Å². The predicted molar refractivity (Wildman–Crippen MR) is 158 cm³/mol. The summed E-state index contributed by atoms with van der Waals surface area (Å²) in [6.45, 7) is 19.6. The highest BCUT2D eigenvalue weighted by atomic mass is 79.9. The van der Waals surface area contributed by atoms with Gasteiger partial charge in [0.05, 0.1) is 16.4 Å². The minimum absolute atomic E-state index is 0.0180. The fraction of sp³-hybridized carbons (Fsp3) is 0.704. The third kappa shape index (κ3) is 9.17. The van der Waals surface area contributed by atoms with E-state index in [2.05, 4.69) is 40.7 Å². The first-order valence-electron chi connectivity index (χ1n) is 13.5. The van der Waals surface area contributed by atoms with Gasteiger partial charge in [0.15, 0.2) is 5.65 Å². The number of nitrogens with zero attached hydrogens (tertiary/aromatic N) is 5. The van der Waals surface area contributed by atoms with Crippen LogP contribution in [-0.4, -0.2) is 77.4 Å². The second-order valence-corrected chi connectivity index (χ2v) is 19.8. The summed E-state index contributed by atoms with van der Waals surface area (Å²) in [6.07, 6.45) is 2.47. The van der Waals surface area contributed by atoms with Gasteiger partial charge < -0.3 is 19.1 Å². The molecule has 0 bridgehead atoms. The first kappa shape index (κ1) is 31.3. The van der Waals surface area contributed by atoms with E-state index in [0.29, 0.717) is 35.6 Å². The number of hydrogen-bond donors (Lipinski definition) is 0. The van der Waals surface area contributed by atoms with E-state index in [1.54, 1.807) is 15.6 Å². The Hall–Kier alpha value is -2.18. The highest BCUT2D eigenvalue weighted by Crippen LogP contribution is 2.32. The first-order valence-corrected chi connectivity index (χ1v) is 18.0. The van der Waals surface area contributed by atoms with Gasteiger partial charge in [-0.25, -0.2) is 19.5 Å². The minimum atomic E-state index is -1.31. The number of carbonyl (C=O) groups is 2. The quantitative estimate of drug-likeness (QED) is 0.193. The Bertz CT molecular complexity index is 1170. The molecule has 2 amide bonds. The molecule has 1 fully saturated rings. The summed E-state index contributed by atoms with van der Waals surface area (Å²) in [6, 6.07) is 2.84. The summed E-state index contributed by atoms with van der Waals surface area (Å²) in [5.74, 6) is 0.461. The van der Waals surface area contributed by atoms with Crippen LogP contribution >= 0.6 is 15.9 Å². The Kier molecular flexibility index (Phi) is 9.75. The standard InChI is InChI=1S/C27H44BrN5O5Si/c1-26(2,3)37-24(34)31-12-10-11-19(17-31)21-15-22(33-23(30-21)20(28)16-29-33)32(25(35)38-27(4,5)6)18-36-13-14-39(7,8)9/h15-16,19H,10-14,17-18H2,1-9H3. The molecule has 10 nitrogen and oxygen atoms in total. The molecular formula is C27H44BrN5O5Si. The second kappa shape index (κ2) is 12.1. The molecule has 1 aliphatic rings. The van der Waals surface area contributed by atoms with Gasteiger partial charge >= 0.3 is 12.2 Å². The fourth-order valence-corrected chi connectivity index (χ4v) is 5.22. The van der Waals surface area contributed by atoms with Gasteiger partial charge in [-0.2, -0.15) is 9.61 Å². The van der Waals surface area contributed by atoms with Crippen molar-refractivity contribution in [2.45, 2.75) is 97.2 Å². The van der Waals surface area contributed by atoms with Crippen LogP contribution in [0.15, 0.2) is 16.7 Å². The van der Waals surface area contributed by atoms with Crippen LogP contribution in [0.25, 0.3) is 5.65 Å². The highest BCUT2D eigenvalue weighted by molar-refractivity contribution is 9.10. The summed E-state index contributed by atoms with van der Waals surface area (Å²) in [5.41, 5.74) is 0.0837. The largest absolute Gasteiger partial charge is 0.444 e. The Morgan fingerprint density at radius 3 is 2.41 bits per heavy atom. The molecule has 12 heteroatoms. The zero-order valence-corrected chi connectivity index (χ0v) is 27.4. The van der Waals surface area contributed by atoms with E-state index in [1.807, 2.05) is 47.6 Å². The molecule has 0 radical (unpaired) electrons. The number of rotatable bonds is 7. The highest BCUT2D eigenvalue weighted by Gasteiger charge is 2.32. The van der Waals surface area contributed by atoms with Crippen molar-refractivity contribution in [1.29, 1.82) is 0 Å². The van der Waals surface area contributed by atoms with Gasteiger partial charge in [-0.05, 0) is 76.4 Å². The van der Waals surface area contributed by atoms with E-state index >= 15 is 0 Å². The van der Waals surface area contributed by atoms with Crippen molar-refractivity contribution in [3.05, 3.63) is 22.4 Å². The van der Waals surface area contributed by atoms with Crippen LogP contribution in [-0.2, 0) is 14.2 Å². The number of fused-ring (bicyclic) bond motifs is 1. The predicted octanol–water partition coefficient (Wildman–Crippen LogP) is 6.66. The van der Waals surface area contributed by atoms with Gasteiger partial charge in [0.1, 0.15) is 23.8 Å². The van der Waals surface area contributed by atoms with Crippen molar-refractivity contribution < 1.29 is 23.8 Å². The molecule has 1 aliphatic heterocycles. The van der Waals surface area contributed by atoms with Gasteiger partial charge in [-0.15, -0.1) is 0 Å². The Balaban J connectivity index is 1.97. The maximum atomic E-state index is 13.5. The van der Waals surface area contributed by atoms with Crippen LogP contribution in [0.1, 0.15) is 66.0 Å². The van der Waals surface area contributed by atoms with Gasteiger partial charge in [-0.3, -0.25) is 0 Å². The number of anilines is 1. The molecule has 1 saturated heterocycles. The first-order chi connectivity index (χ1) is 17.9. The van der Waals surface area contributed by atoms with Crippen molar-refractivity contribution in [3.63, 3.8) is 0 Å². The number of carbonyl (C=O) groups excluding carboxylic acids is 2. The van der Waals surface area contributed by atoms with Crippen molar-refractivity contribution in [1.82, 2.24) is 19.5 Å². The van der Waals surface area contributed by atoms with E-state index in [9.17, 15) is 9.59 Å². The monoisotopic (exact) mass is 625 g/mol. The lowest BCUT2D eigenvalue weighted by molar-refractivity contribution is 0.0197. The summed E-state index contributed by atoms with van der Waals surface area (Å²) in [5, 5.41) is 4.48. The van der Waals surface area contributed by atoms with Gasteiger partial charge in [0.2, 0.25) is 0 Å². The lowest BCUT2D eigenvalue weighted by Gasteiger charge is -2.34. The molecule has 3 rings (SSSR count). The summed E-state index contributed by atoms with van der Waals surface area (Å²) in [4.78, 5) is 34.4. The molecule has 0 aliphatic carbocycles. The molecule has 39 heavy (non-hydrogen) atoms. The summed E-state index contributed by atoms with van der Waals surface area (Å²) in [7, 11) is -1.31. The number of likely N-dealkylation sites (tertiary alicyclic amines) is 1. The van der Waals surface area contributed by atoms with Crippen molar-refractivity contribution in [2.75, 3.05) is 31.3 Å². The molecule has 0 spiro atoms. The summed E-state index contributed by atoms with van der Waals surface area (Å²) >= 11 is 3.56. The SMILES string of the molecule is CC(C)(C)OC(=O)N1CCCC(c2cc(N(COCC[Si](C)(C)C)C(=O)OC(C)(C)C)n3ncc(Br)c3n2)C1. The van der Waals surface area contributed by atoms with Gasteiger partial charge in [0, 0.05) is 39.8 Å². The molecule has 3 heterocycles. The zero-order valence-electron chi connectivity index (χ0n) is 24.8. The van der Waals surface area contributed by atoms with Gasteiger partial charge in [0.25, 0.3) is 0 Å². The third-order valence-electron chi connectivity index (χ3n) is 6.03. The number of aromatic nitrogens is 3. The van der Waals surface area contributed by atoms with Crippen LogP contribution < -0.4 is 4.90 Å². The van der Waals surface area contributed by atoms with E-state index in [4.69, 9.17) is 19.2 Å². The average Bonchev–Trinajstić information content (AvgIpc) is 3.16. The fourth-order valence-electron chi connectivity index (χ4n) is 4.11. The van der Waals surface area contributed by atoms with E-state index < -0.39 is 25.4 Å². The minimum Gasteiger partial charge on any atom is -0.444 e. The lowest BCUT2D eigenvalue weighted by Crippen LogP contribution is -2.42. The normalized spacial score (nSPS) is 16.9. The van der Waals surface area contributed by atoms with Crippen LogP contribution in [0.2, 0.25) is 25.7 Å². The lowest BCUT2D eigenvalue weighted by atomic mass is 9.94. The van der Waals surface area contributed by atoms with Crippen molar-refractivity contribution in [2.24, 2.45) is 0 Å². The summed E-state index contributed by atoms with van der Waals surface area (Å²) < 4.78 is 19.7. The van der Waals surface area contributed by atoms with Crippen LogP contribution in [0.3, 0.4) is 0 Å². The number of halogens is 1. The topological polar surface area (TPSA) is 98.5 Å². The Labute approximate surface area is 241 Å². The van der Waals surface area contributed by atoms with E-state index in [-0.39, 0.29) is 18.7 Å². The number of piperidine rings is 1. The molecule has 1 atom stereocenters. The maximum absolute atomic E-state index is 13.5. The van der Waals surface area contributed by atoms with Crippen LogP contribution in [0, 0.1) is 0 Å². The molecule has 2 aromatic heterocycles. The van der Waals surface area contributed by atoms with Crippen molar-refractivity contribution in [3.8, 4) is 0 Å².